The number of hydrogen-bond donors (Lipinski definition) is 0. The van der Waals surface area contributed by atoms with Crippen LogP contribution in [0.4, 0.5) is 4.39 Å². The molecule has 0 radical (unpaired) electrons. The summed E-state index contributed by atoms with van der Waals surface area (Å²) >= 11 is 0. The Morgan fingerprint density at radius 3 is 2.54 bits per heavy atom. The number of hydrogen-bond acceptors (Lipinski definition) is 2. The molecule has 0 amide bonds. The average Bonchev–Trinajstić information content (AvgIpc) is 1.93. The Kier molecular flexibility index (Phi) is 2.93. The van der Waals surface area contributed by atoms with Crippen LogP contribution in [0.2, 0.25) is 0 Å². The molecule has 0 aliphatic rings. The molecule has 0 saturated heterocycles. The molecule has 1 aromatic carbocycles. The van der Waals surface area contributed by atoms with Gasteiger partial charge in [-0.05, 0) is 18.6 Å². The van der Waals surface area contributed by atoms with E-state index in [0.29, 0.717) is 0 Å². The minimum absolute atomic E-state index is 0.0978. The lowest BCUT2D eigenvalue weighted by Gasteiger charge is -2.00. The SMILES string of the molecule is Cc1ccc(CS(=O)(=O)Cl)c(F)c1. The lowest BCUT2D eigenvalue weighted by Crippen LogP contribution is -1.98. The average molecular weight is 223 g/mol. The highest BCUT2D eigenvalue weighted by Gasteiger charge is 2.10. The van der Waals surface area contributed by atoms with Crippen molar-refractivity contribution in [3.8, 4) is 0 Å². The standard InChI is InChI=1S/C8H8ClFO2S/c1-6-2-3-7(8(10)4-6)5-13(9,11)12/h2-4H,5H2,1H3. The second-order valence-electron chi connectivity index (χ2n) is 2.78. The third kappa shape index (κ3) is 3.32. The summed E-state index contributed by atoms with van der Waals surface area (Å²) in [6.07, 6.45) is 0. The maximum atomic E-state index is 13.1. The van der Waals surface area contributed by atoms with Crippen LogP contribution in [0, 0.1) is 12.7 Å². The van der Waals surface area contributed by atoms with Gasteiger partial charge in [0.25, 0.3) is 0 Å². The van der Waals surface area contributed by atoms with E-state index in [1.54, 1.807) is 13.0 Å². The van der Waals surface area contributed by atoms with Crippen LogP contribution in [0.1, 0.15) is 11.1 Å². The lowest BCUT2D eigenvalue weighted by molar-refractivity contribution is 0.597. The Bertz CT molecular complexity index is 414. The highest BCUT2D eigenvalue weighted by Crippen LogP contribution is 2.14. The van der Waals surface area contributed by atoms with E-state index in [4.69, 9.17) is 10.7 Å². The van der Waals surface area contributed by atoms with E-state index in [2.05, 4.69) is 0 Å². The molecule has 0 aliphatic heterocycles. The molecule has 72 valence electrons. The number of benzene rings is 1. The Morgan fingerprint density at radius 2 is 2.08 bits per heavy atom. The van der Waals surface area contributed by atoms with Gasteiger partial charge in [0, 0.05) is 16.2 Å². The van der Waals surface area contributed by atoms with Gasteiger partial charge >= 0.3 is 0 Å². The van der Waals surface area contributed by atoms with Crippen molar-refractivity contribution in [2.75, 3.05) is 0 Å². The maximum Gasteiger partial charge on any atom is 0.236 e. The molecule has 0 heterocycles. The van der Waals surface area contributed by atoms with E-state index in [-0.39, 0.29) is 5.56 Å². The van der Waals surface area contributed by atoms with Crippen LogP contribution >= 0.6 is 10.7 Å². The fraction of sp³-hybridized carbons (Fsp3) is 0.250. The summed E-state index contributed by atoms with van der Waals surface area (Å²) in [6.45, 7) is 1.72. The second-order valence-corrected chi connectivity index (χ2v) is 5.55. The van der Waals surface area contributed by atoms with Crippen molar-refractivity contribution in [3.63, 3.8) is 0 Å². The molecule has 0 bridgehead atoms. The molecule has 5 heteroatoms. The predicted octanol–water partition coefficient (Wildman–Crippen LogP) is 2.20. The summed E-state index contributed by atoms with van der Waals surface area (Å²) in [4.78, 5) is 0. The summed E-state index contributed by atoms with van der Waals surface area (Å²) < 4.78 is 34.3. The van der Waals surface area contributed by atoms with Gasteiger partial charge in [-0.15, -0.1) is 0 Å². The first-order valence-electron chi connectivity index (χ1n) is 3.56. The van der Waals surface area contributed by atoms with E-state index < -0.39 is 20.6 Å². The molecule has 0 N–H and O–H groups in total. The molecule has 1 aromatic rings. The molecule has 0 atom stereocenters. The Balaban J connectivity index is 3.04. The van der Waals surface area contributed by atoms with E-state index >= 15 is 0 Å². The van der Waals surface area contributed by atoms with E-state index in [0.717, 1.165) is 5.56 Å². The third-order valence-corrected chi connectivity index (χ3v) is 2.52. The van der Waals surface area contributed by atoms with Crippen molar-refractivity contribution < 1.29 is 12.8 Å². The van der Waals surface area contributed by atoms with E-state index in [1.165, 1.54) is 12.1 Å². The lowest BCUT2D eigenvalue weighted by atomic mass is 10.2. The van der Waals surface area contributed by atoms with Crippen molar-refractivity contribution in [1.29, 1.82) is 0 Å². The van der Waals surface area contributed by atoms with Gasteiger partial charge in [-0.3, -0.25) is 0 Å². The van der Waals surface area contributed by atoms with Gasteiger partial charge in [0.2, 0.25) is 9.05 Å². The van der Waals surface area contributed by atoms with Crippen LogP contribution in [0.25, 0.3) is 0 Å². The molecule has 0 fully saturated rings. The van der Waals surface area contributed by atoms with Crippen molar-refractivity contribution in [1.82, 2.24) is 0 Å². The van der Waals surface area contributed by atoms with Gasteiger partial charge in [0.1, 0.15) is 5.82 Å². The molecule has 0 aliphatic carbocycles. The zero-order chi connectivity index (χ0) is 10.1. The molecular weight excluding hydrogens is 215 g/mol. The molecule has 13 heavy (non-hydrogen) atoms. The first kappa shape index (κ1) is 10.5. The monoisotopic (exact) mass is 222 g/mol. The molecule has 1 rings (SSSR count). The zero-order valence-electron chi connectivity index (χ0n) is 6.92. The topological polar surface area (TPSA) is 34.1 Å². The zero-order valence-corrected chi connectivity index (χ0v) is 8.49. The third-order valence-electron chi connectivity index (χ3n) is 1.54. The summed E-state index contributed by atoms with van der Waals surface area (Å²) in [5.41, 5.74) is 0.842. The Morgan fingerprint density at radius 1 is 1.46 bits per heavy atom. The van der Waals surface area contributed by atoms with Gasteiger partial charge in [0.05, 0.1) is 5.75 Å². The first-order valence-corrected chi connectivity index (χ1v) is 6.04. The van der Waals surface area contributed by atoms with Crippen molar-refractivity contribution in [3.05, 3.63) is 35.1 Å². The summed E-state index contributed by atoms with van der Waals surface area (Å²) in [7, 11) is 1.30. The second kappa shape index (κ2) is 3.64. The van der Waals surface area contributed by atoms with Crippen LogP contribution < -0.4 is 0 Å². The van der Waals surface area contributed by atoms with Gasteiger partial charge in [0.15, 0.2) is 0 Å². The molecule has 0 saturated carbocycles. The summed E-state index contributed by atoms with van der Waals surface area (Å²) in [5.74, 6) is -1.01. The van der Waals surface area contributed by atoms with E-state index in [9.17, 15) is 12.8 Å². The number of halogens is 2. The number of aryl methyl sites for hydroxylation is 1. The fourth-order valence-corrected chi connectivity index (χ4v) is 1.91. The summed E-state index contributed by atoms with van der Waals surface area (Å²) in [6, 6.07) is 4.34. The molecule has 0 unspecified atom stereocenters. The molecule has 0 spiro atoms. The number of rotatable bonds is 2. The van der Waals surface area contributed by atoms with Crippen LogP contribution in [0.3, 0.4) is 0 Å². The summed E-state index contributed by atoms with van der Waals surface area (Å²) in [5, 5.41) is 0. The minimum atomic E-state index is -3.68. The highest BCUT2D eigenvalue weighted by atomic mass is 35.7. The quantitative estimate of drug-likeness (QED) is 0.719. The highest BCUT2D eigenvalue weighted by molar-refractivity contribution is 8.13. The largest absolute Gasteiger partial charge is 0.236 e. The first-order chi connectivity index (χ1) is 5.88. The van der Waals surface area contributed by atoms with Gasteiger partial charge < -0.3 is 0 Å². The van der Waals surface area contributed by atoms with Gasteiger partial charge in [-0.2, -0.15) is 0 Å². The Hall–Kier alpha value is -0.610. The van der Waals surface area contributed by atoms with Crippen molar-refractivity contribution in [2.45, 2.75) is 12.7 Å². The molecular formula is C8H8ClFO2S. The normalized spacial score (nSPS) is 11.6. The smallest absolute Gasteiger partial charge is 0.212 e. The van der Waals surface area contributed by atoms with Crippen molar-refractivity contribution in [2.24, 2.45) is 0 Å². The maximum absolute atomic E-state index is 13.1. The van der Waals surface area contributed by atoms with Crippen LogP contribution in [-0.2, 0) is 14.8 Å². The van der Waals surface area contributed by atoms with Crippen molar-refractivity contribution >= 4 is 19.7 Å². The van der Waals surface area contributed by atoms with Gasteiger partial charge in [-0.1, -0.05) is 12.1 Å². The molecule has 2 nitrogen and oxygen atoms in total. The van der Waals surface area contributed by atoms with Gasteiger partial charge in [-0.25, -0.2) is 12.8 Å². The molecule has 0 aromatic heterocycles. The Labute approximate surface area is 80.8 Å². The van der Waals surface area contributed by atoms with E-state index in [1.807, 2.05) is 0 Å². The fourth-order valence-electron chi connectivity index (χ4n) is 0.955. The van der Waals surface area contributed by atoms with Crippen LogP contribution in [-0.4, -0.2) is 8.42 Å². The minimum Gasteiger partial charge on any atom is -0.212 e. The predicted molar refractivity (Wildman–Crippen MR) is 49.6 cm³/mol. The van der Waals surface area contributed by atoms with Crippen LogP contribution in [0.5, 0.6) is 0 Å². The van der Waals surface area contributed by atoms with Crippen LogP contribution in [0.15, 0.2) is 18.2 Å².